The topological polar surface area (TPSA) is 50.7 Å². The number of amidine groups is 2. The van der Waals surface area contributed by atoms with Gasteiger partial charge in [-0.1, -0.05) is 158 Å². The Bertz CT molecular complexity index is 2340. The Morgan fingerprint density at radius 3 is 2.22 bits per heavy atom. The molecule has 2 unspecified atom stereocenters. The first-order valence-corrected chi connectivity index (χ1v) is 18.6. The fourth-order valence-corrected chi connectivity index (χ4v) is 9.25. The van der Waals surface area contributed by atoms with E-state index < -0.39 is 0 Å². The monoisotopic (exact) mass is 675 g/mol. The molecule has 246 valence electrons. The first-order chi connectivity index (χ1) is 25.2. The third-order valence-corrected chi connectivity index (χ3v) is 11.6. The minimum Gasteiger partial charge on any atom is -0.383 e. The van der Waals surface area contributed by atoms with Gasteiger partial charge in [-0.25, -0.2) is 4.99 Å². The molecule has 4 heteroatoms. The molecule has 3 nitrogen and oxygen atoms in total. The molecule has 51 heavy (non-hydrogen) atoms. The van der Waals surface area contributed by atoms with Gasteiger partial charge in [0.2, 0.25) is 0 Å². The van der Waals surface area contributed by atoms with E-state index in [1.165, 1.54) is 55.0 Å². The van der Waals surface area contributed by atoms with Crippen molar-refractivity contribution in [3.8, 4) is 11.1 Å². The van der Waals surface area contributed by atoms with Crippen LogP contribution in [0.15, 0.2) is 185 Å². The van der Waals surface area contributed by atoms with Crippen LogP contribution in [0.4, 0.5) is 0 Å². The van der Waals surface area contributed by atoms with Crippen LogP contribution in [-0.2, 0) is 17.7 Å². The van der Waals surface area contributed by atoms with Crippen LogP contribution in [0.3, 0.4) is 0 Å². The number of nitrogens with zero attached hydrogens (tertiary/aromatic N) is 2. The smallest absolute Gasteiger partial charge is 0.133 e. The molecule has 0 radical (unpaired) electrons. The van der Waals surface area contributed by atoms with Crippen molar-refractivity contribution in [2.75, 3.05) is 0 Å². The fraction of sp³-hybridized carbons (Fsp3) is 0.106. The maximum Gasteiger partial charge on any atom is 0.133 e. The highest BCUT2D eigenvalue weighted by Crippen LogP contribution is 2.60. The van der Waals surface area contributed by atoms with E-state index in [0.717, 1.165) is 29.1 Å². The van der Waals surface area contributed by atoms with Crippen molar-refractivity contribution in [2.24, 2.45) is 21.6 Å². The first-order valence-electron chi connectivity index (χ1n) is 17.6. The lowest BCUT2D eigenvalue weighted by molar-refractivity contribution is 0.746. The molecule has 1 spiro atoms. The van der Waals surface area contributed by atoms with E-state index in [-0.39, 0.29) is 11.3 Å². The summed E-state index contributed by atoms with van der Waals surface area (Å²) in [5, 5.41) is 0. The Hall–Kier alpha value is -5.71. The zero-order chi connectivity index (χ0) is 34.2. The van der Waals surface area contributed by atoms with E-state index in [2.05, 4.69) is 133 Å². The Morgan fingerprint density at radius 2 is 1.37 bits per heavy atom. The van der Waals surface area contributed by atoms with Gasteiger partial charge in [0.25, 0.3) is 0 Å². The van der Waals surface area contributed by atoms with Crippen LogP contribution in [0.25, 0.3) is 16.7 Å². The van der Waals surface area contributed by atoms with Crippen LogP contribution in [0.2, 0.25) is 0 Å². The number of nitrogens with two attached hydrogens (primary N) is 1. The van der Waals surface area contributed by atoms with Crippen LogP contribution >= 0.6 is 11.8 Å². The molecule has 0 saturated heterocycles. The summed E-state index contributed by atoms with van der Waals surface area (Å²) in [5.41, 5.74) is 20.2. The van der Waals surface area contributed by atoms with E-state index in [9.17, 15) is 0 Å². The Kier molecular flexibility index (Phi) is 8.10. The number of rotatable bonds is 5. The zero-order valence-electron chi connectivity index (χ0n) is 28.2. The average molecular weight is 676 g/mol. The van der Waals surface area contributed by atoms with E-state index in [0.29, 0.717) is 12.4 Å². The third-order valence-electron chi connectivity index (χ3n) is 10.5. The lowest BCUT2D eigenvalue weighted by atomic mass is 9.66. The quantitative estimate of drug-likeness (QED) is 0.146. The van der Waals surface area contributed by atoms with Gasteiger partial charge in [0.05, 0.1) is 12.0 Å². The van der Waals surface area contributed by atoms with Gasteiger partial charge in [-0.05, 0) is 74.2 Å². The second-order valence-corrected chi connectivity index (χ2v) is 14.4. The maximum absolute atomic E-state index is 6.60. The molecule has 0 amide bonds. The molecule has 3 aliphatic rings. The lowest BCUT2D eigenvalue weighted by Crippen LogP contribution is -2.29. The number of aliphatic imine (C=N–C) groups is 2. The normalized spacial score (nSPS) is 19.1. The SMILES string of the molecule is NC(=NC(=NCc1ccccc1)C1C=CC=C(c2ccc3c(c2)-c2ccccc2C32c3ccccc3CSc3ccccc32)C1)c1ccccc1. The molecular weight excluding hydrogens is 639 g/mol. The van der Waals surface area contributed by atoms with Crippen molar-refractivity contribution < 1.29 is 0 Å². The number of thioether (sulfide) groups is 1. The van der Waals surface area contributed by atoms with E-state index in [4.69, 9.17) is 15.7 Å². The molecular formula is C47H37N3S. The van der Waals surface area contributed by atoms with Crippen molar-refractivity contribution in [3.05, 3.63) is 214 Å². The van der Waals surface area contributed by atoms with E-state index in [1.807, 2.05) is 48.2 Å². The number of hydrogen-bond donors (Lipinski definition) is 1. The van der Waals surface area contributed by atoms with E-state index >= 15 is 0 Å². The van der Waals surface area contributed by atoms with Crippen LogP contribution < -0.4 is 5.73 Å². The number of allylic oxidation sites excluding steroid dienone is 3. The molecule has 2 aliphatic carbocycles. The van der Waals surface area contributed by atoms with Gasteiger partial charge >= 0.3 is 0 Å². The summed E-state index contributed by atoms with van der Waals surface area (Å²) >= 11 is 1.95. The van der Waals surface area contributed by atoms with Gasteiger partial charge in [-0.2, -0.15) is 0 Å². The van der Waals surface area contributed by atoms with Gasteiger partial charge in [-0.15, -0.1) is 11.8 Å². The van der Waals surface area contributed by atoms with Gasteiger partial charge in [0, 0.05) is 22.1 Å². The summed E-state index contributed by atoms with van der Waals surface area (Å²) < 4.78 is 0. The van der Waals surface area contributed by atoms with Gasteiger partial charge in [0.15, 0.2) is 0 Å². The Balaban J connectivity index is 1.13. The maximum atomic E-state index is 6.60. The highest BCUT2D eigenvalue weighted by atomic mass is 32.2. The summed E-state index contributed by atoms with van der Waals surface area (Å²) in [4.78, 5) is 11.4. The molecule has 6 aromatic carbocycles. The van der Waals surface area contributed by atoms with E-state index in [1.54, 1.807) is 0 Å². The molecule has 0 bridgehead atoms. The van der Waals surface area contributed by atoms with Crippen LogP contribution in [0, 0.1) is 5.92 Å². The number of benzene rings is 6. The predicted octanol–water partition coefficient (Wildman–Crippen LogP) is 10.6. The predicted molar refractivity (Wildman–Crippen MR) is 213 cm³/mol. The molecule has 2 N–H and O–H groups in total. The summed E-state index contributed by atoms with van der Waals surface area (Å²) in [6, 6.07) is 54.6. The summed E-state index contributed by atoms with van der Waals surface area (Å²) in [6.07, 6.45) is 7.40. The van der Waals surface area contributed by atoms with Gasteiger partial charge in [0.1, 0.15) is 11.7 Å². The molecule has 6 aromatic rings. The lowest BCUT2D eigenvalue weighted by Gasteiger charge is -2.35. The Labute approximate surface area is 304 Å². The van der Waals surface area contributed by atoms with Crippen molar-refractivity contribution in [1.82, 2.24) is 0 Å². The minimum atomic E-state index is -0.383. The third kappa shape index (κ3) is 5.47. The second-order valence-electron chi connectivity index (χ2n) is 13.4. The summed E-state index contributed by atoms with van der Waals surface area (Å²) in [7, 11) is 0. The highest BCUT2D eigenvalue weighted by molar-refractivity contribution is 7.98. The second kappa shape index (κ2) is 13.2. The van der Waals surface area contributed by atoms with Crippen LogP contribution in [-0.4, -0.2) is 11.7 Å². The molecule has 9 rings (SSSR count). The van der Waals surface area contributed by atoms with Crippen LogP contribution in [0.5, 0.6) is 0 Å². The van der Waals surface area contributed by atoms with Gasteiger partial charge in [-0.3, -0.25) is 4.99 Å². The molecule has 0 fully saturated rings. The molecule has 1 aliphatic heterocycles. The van der Waals surface area contributed by atoms with Crippen molar-refractivity contribution >= 4 is 29.0 Å². The largest absolute Gasteiger partial charge is 0.383 e. The van der Waals surface area contributed by atoms with Crippen molar-refractivity contribution in [3.63, 3.8) is 0 Å². The minimum absolute atomic E-state index is 0.0134. The molecule has 1 heterocycles. The Morgan fingerprint density at radius 1 is 0.686 bits per heavy atom. The molecule has 2 atom stereocenters. The highest BCUT2D eigenvalue weighted by Gasteiger charge is 2.49. The van der Waals surface area contributed by atoms with Crippen molar-refractivity contribution in [2.45, 2.75) is 29.0 Å². The van der Waals surface area contributed by atoms with Crippen molar-refractivity contribution in [1.29, 1.82) is 0 Å². The fourth-order valence-electron chi connectivity index (χ4n) is 8.14. The number of fused-ring (bicyclic) bond motifs is 9. The molecule has 0 saturated carbocycles. The first kappa shape index (κ1) is 31.3. The standard InChI is InChI=1S/C47H37N3S/c48-45(33-16-5-2-6-17-33)50-46(49-30-32-14-3-1-4-15-32)36-20-13-19-34(28-36)35-26-27-42-39(29-35)38-21-8-10-23-41(38)47(42)40-22-9-7-18-37(40)31-51-44-25-12-11-24-43(44)47/h1-27,29,36H,28,30-31H2,(H2,48,49,50). The zero-order valence-corrected chi connectivity index (χ0v) is 29.1. The molecule has 0 aromatic heterocycles. The number of hydrogen-bond acceptors (Lipinski definition) is 2. The average Bonchev–Trinajstić information content (AvgIpc) is 3.40. The van der Waals surface area contributed by atoms with Gasteiger partial charge < -0.3 is 5.73 Å². The van der Waals surface area contributed by atoms with Crippen LogP contribution in [0.1, 0.15) is 50.9 Å². The summed E-state index contributed by atoms with van der Waals surface area (Å²) in [5.74, 6) is 2.17. The summed E-state index contributed by atoms with van der Waals surface area (Å²) in [6.45, 7) is 0.546.